The van der Waals surface area contributed by atoms with E-state index in [1.54, 1.807) is 0 Å². The van der Waals surface area contributed by atoms with Gasteiger partial charge >= 0.3 is 0 Å². The fourth-order valence-electron chi connectivity index (χ4n) is 2.20. The molecule has 3 rings (SSSR count). The van der Waals surface area contributed by atoms with Crippen molar-refractivity contribution in [2.45, 2.75) is 6.42 Å². The van der Waals surface area contributed by atoms with Crippen LogP contribution in [0.5, 0.6) is 0 Å². The summed E-state index contributed by atoms with van der Waals surface area (Å²) in [5.74, 6) is 1.03. The van der Waals surface area contributed by atoms with Crippen molar-refractivity contribution in [3.63, 3.8) is 0 Å². The third-order valence-electron chi connectivity index (χ3n) is 3.06. The van der Waals surface area contributed by atoms with Crippen LogP contribution in [0.4, 0.5) is 0 Å². The van der Waals surface area contributed by atoms with E-state index in [0.717, 1.165) is 23.3 Å². The lowest BCUT2D eigenvalue weighted by Gasteiger charge is -2.03. The summed E-state index contributed by atoms with van der Waals surface area (Å²) in [6, 6.07) is 18.5. The lowest BCUT2D eigenvalue weighted by atomic mass is 10.1. The largest absolute Gasteiger partial charge is 0.303 e. The maximum absolute atomic E-state index is 4.67. The number of rotatable bonds is 3. The van der Waals surface area contributed by atoms with Crippen LogP contribution in [0.3, 0.4) is 0 Å². The zero-order chi connectivity index (χ0) is 12.4. The van der Waals surface area contributed by atoms with Gasteiger partial charge in [0.2, 0.25) is 0 Å². The second kappa shape index (κ2) is 4.49. The first kappa shape index (κ1) is 10.8. The molecule has 0 aliphatic heterocycles. The van der Waals surface area contributed by atoms with Crippen LogP contribution >= 0.6 is 0 Å². The lowest BCUT2D eigenvalue weighted by molar-refractivity contribution is 0.969. The van der Waals surface area contributed by atoms with Crippen molar-refractivity contribution in [3.8, 4) is 0 Å². The molecule has 0 atom stereocenters. The van der Waals surface area contributed by atoms with Crippen molar-refractivity contribution in [2.24, 2.45) is 0 Å². The molecule has 18 heavy (non-hydrogen) atoms. The van der Waals surface area contributed by atoms with E-state index in [1.807, 2.05) is 30.5 Å². The van der Waals surface area contributed by atoms with E-state index in [-0.39, 0.29) is 0 Å². The molecule has 2 nitrogen and oxygen atoms in total. The smallest absolute Gasteiger partial charge is 0.118 e. The minimum Gasteiger partial charge on any atom is -0.303 e. The Balaban J connectivity index is 2.09. The molecule has 0 saturated carbocycles. The molecule has 0 N–H and O–H groups in total. The lowest BCUT2D eigenvalue weighted by Crippen LogP contribution is -1.97. The fraction of sp³-hybridized carbons (Fsp3) is 0.0625. The van der Waals surface area contributed by atoms with Gasteiger partial charge in [-0.05, 0) is 17.7 Å². The Bertz CT molecular complexity index is 681. The van der Waals surface area contributed by atoms with Crippen LogP contribution in [0.25, 0.3) is 17.2 Å². The molecule has 0 unspecified atom stereocenters. The number of nitrogens with zero attached hydrogens (tertiary/aromatic N) is 2. The van der Waals surface area contributed by atoms with E-state index < -0.39 is 0 Å². The maximum Gasteiger partial charge on any atom is 0.118 e. The van der Waals surface area contributed by atoms with Gasteiger partial charge in [0.25, 0.3) is 0 Å². The van der Waals surface area contributed by atoms with Crippen LogP contribution < -0.4 is 0 Å². The van der Waals surface area contributed by atoms with E-state index in [2.05, 4.69) is 46.5 Å². The van der Waals surface area contributed by atoms with Crippen LogP contribution in [0, 0.1) is 0 Å². The van der Waals surface area contributed by atoms with Crippen molar-refractivity contribution in [3.05, 3.63) is 72.6 Å². The molecule has 0 saturated heterocycles. The summed E-state index contributed by atoms with van der Waals surface area (Å²) in [6.45, 7) is 3.88. The summed E-state index contributed by atoms with van der Waals surface area (Å²) in [6.07, 6.45) is 2.65. The molecule has 88 valence electrons. The first-order valence-corrected chi connectivity index (χ1v) is 6.01. The topological polar surface area (TPSA) is 17.8 Å². The molecular weight excluding hydrogens is 220 g/mol. The molecule has 0 amide bonds. The highest BCUT2D eigenvalue weighted by Crippen LogP contribution is 2.18. The average Bonchev–Trinajstić information content (AvgIpc) is 2.77. The molecule has 0 radical (unpaired) electrons. The van der Waals surface area contributed by atoms with Crippen LogP contribution in [0.1, 0.15) is 11.4 Å². The molecule has 1 heterocycles. The van der Waals surface area contributed by atoms with E-state index in [4.69, 9.17) is 0 Å². The van der Waals surface area contributed by atoms with Crippen molar-refractivity contribution in [2.75, 3.05) is 0 Å². The molecule has 2 aromatic carbocycles. The number of benzene rings is 2. The molecule has 0 aliphatic rings. The highest BCUT2D eigenvalue weighted by molar-refractivity contribution is 5.78. The number of hydrogen-bond acceptors (Lipinski definition) is 1. The zero-order valence-electron chi connectivity index (χ0n) is 10.1. The Morgan fingerprint density at radius 3 is 2.50 bits per heavy atom. The van der Waals surface area contributed by atoms with Crippen molar-refractivity contribution < 1.29 is 0 Å². The Morgan fingerprint density at radius 2 is 1.72 bits per heavy atom. The zero-order valence-corrected chi connectivity index (χ0v) is 10.1. The van der Waals surface area contributed by atoms with E-state index in [1.165, 1.54) is 5.56 Å². The summed E-state index contributed by atoms with van der Waals surface area (Å²) in [4.78, 5) is 4.67. The Labute approximate surface area is 106 Å². The van der Waals surface area contributed by atoms with Gasteiger partial charge in [-0.2, -0.15) is 0 Å². The van der Waals surface area contributed by atoms with Crippen LogP contribution in [-0.4, -0.2) is 9.55 Å². The normalized spacial score (nSPS) is 10.7. The van der Waals surface area contributed by atoms with Crippen molar-refractivity contribution >= 4 is 17.2 Å². The van der Waals surface area contributed by atoms with Crippen molar-refractivity contribution in [1.29, 1.82) is 0 Å². The van der Waals surface area contributed by atoms with Gasteiger partial charge in [0.05, 0.1) is 11.0 Å². The Hall–Kier alpha value is -2.35. The molecule has 0 bridgehead atoms. The second-order valence-electron chi connectivity index (χ2n) is 4.23. The summed E-state index contributed by atoms with van der Waals surface area (Å²) < 4.78 is 2.06. The van der Waals surface area contributed by atoms with Gasteiger partial charge in [-0.3, -0.25) is 0 Å². The standard InChI is InChI=1S/C16H14N2/c1-2-18-15-11-7-6-10-14(15)17-16(18)12-13-8-4-3-5-9-13/h2-11H,1,12H2. The third-order valence-corrected chi connectivity index (χ3v) is 3.06. The Morgan fingerprint density at radius 1 is 1.00 bits per heavy atom. The van der Waals surface area contributed by atoms with Gasteiger partial charge in [0.15, 0.2) is 0 Å². The van der Waals surface area contributed by atoms with Crippen LogP contribution in [-0.2, 0) is 6.42 Å². The predicted molar refractivity (Wildman–Crippen MR) is 75.4 cm³/mol. The van der Waals surface area contributed by atoms with E-state index >= 15 is 0 Å². The number of imidazole rings is 1. The van der Waals surface area contributed by atoms with Crippen LogP contribution in [0.2, 0.25) is 0 Å². The van der Waals surface area contributed by atoms with Crippen molar-refractivity contribution in [1.82, 2.24) is 9.55 Å². The molecule has 2 heteroatoms. The quantitative estimate of drug-likeness (QED) is 0.675. The van der Waals surface area contributed by atoms with Gasteiger partial charge in [0, 0.05) is 12.6 Å². The maximum atomic E-state index is 4.67. The van der Waals surface area contributed by atoms with E-state index in [9.17, 15) is 0 Å². The first-order valence-electron chi connectivity index (χ1n) is 6.01. The Kier molecular flexibility index (Phi) is 2.69. The SMILES string of the molecule is C=Cn1c(Cc2ccccc2)nc2ccccc21. The number of fused-ring (bicyclic) bond motifs is 1. The number of aromatic nitrogens is 2. The number of hydrogen-bond donors (Lipinski definition) is 0. The highest BCUT2D eigenvalue weighted by atomic mass is 15.1. The second-order valence-corrected chi connectivity index (χ2v) is 4.23. The molecule has 0 spiro atoms. The molecule has 3 aromatic rings. The van der Waals surface area contributed by atoms with Gasteiger partial charge in [0.1, 0.15) is 5.82 Å². The average molecular weight is 234 g/mol. The van der Waals surface area contributed by atoms with Gasteiger partial charge in [-0.15, -0.1) is 0 Å². The van der Waals surface area contributed by atoms with Gasteiger partial charge < -0.3 is 4.57 Å². The first-order chi connectivity index (χ1) is 8.88. The molecule has 0 fully saturated rings. The summed E-state index contributed by atoms with van der Waals surface area (Å²) in [7, 11) is 0. The van der Waals surface area contributed by atoms with E-state index in [0.29, 0.717) is 0 Å². The third kappa shape index (κ3) is 1.82. The molecular formula is C16H14N2. The molecule has 1 aromatic heterocycles. The predicted octanol–water partition coefficient (Wildman–Crippen LogP) is 3.73. The van der Waals surface area contributed by atoms with Gasteiger partial charge in [-0.1, -0.05) is 49.0 Å². The summed E-state index contributed by atoms with van der Waals surface area (Å²) in [5.41, 5.74) is 3.39. The number of para-hydroxylation sites is 2. The minimum absolute atomic E-state index is 0.821. The summed E-state index contributed by atoms with van der Waals surface area (Å²) in [5, 5.41) is 0. The monoisotopic (exact) mass is 234 g/mol. The van der Waals surface area contributed by atoms with Crippen LogP contribution in [0.15, 0.2) is 61.2 Å². The highest BCUT2D eigenvalue weighted by Gasteiger charge is 2.08. The summed E-state index contributed by atoms with van der Waals surface area (Å²) >= 11 is 0. The molecule has 0 aliphatic carbocycles. The fourth-order valence-corrected chi connectivity index (χ4v) is 2.20. The van der Waals surface area contributed by atoms with Gasteiger partial charge in [-0.25, -0.2) is 4.98 Å². The minimum atomic E-state index is 0.821.